The van der Waals surface area contributed by atoms with Crippen LogP contribution in [0.4, 0.5) is 13.2 Å². The first-order valence-corrected chi connectivity index (χ1v) is 12.8. The monoisotopic (exact) mass is 494 g/mol. The predicted molar refractivity (Wildman–Crippen MR) is 133 cm³/mol. The van der Waals surface area contributed by atoms with Crippen molar-refractivity contribution in [2.24, 2.45) is 0 Å². The summed E-state index contributed by atoms with van der Waals surface area (Å²) < 4.78 is 48.5. The molecule has 0 radical (unpaired) electrons. The van der Waals surface area contributed by atoms with E-state index in [1.54, 1.807) is 0 Å². The molecule has 0 atom stereocenters. The Balaban J connectivity index is 1.58. The summed E-state index contributed by atoms with van der Waals surface area (Å²) >= 11 is 0. The molecule has 0 bridgehead atoms. The second-order valence-corrected chi connectivity index (χ2v) is 8.95. The van der Waals surface area contributed by atoms with Gasteiger partial charge >= 0.3 is 17.8 Å². The molecule has 1 aromatic carbocycles. The normalized spacial score (nSPS) is 12.0. The van der Waals surface area contributed by atoms with Crippen LogP contribution in [0.1, 0.15) is 102 Å². The lowest BCUT2D eigenvalue weighted by Crippen LogP contribution is -2.17. The number of halogens is 3. The number of carbonyl (C=O) groups is 1. The van der Waals surface area contributed by atoms with E-state index in [0.29, 0.717) is 6.42 Å². The summed E-state index contributed by atoms with van der Waals surface area (Å²) in [6, 6.07) is 4.71. The minimum Gasteiger partial charge on any atom is -0.426 e. The predicted octanol–water partition coefficient (Wildman–Crippen LogP) is 8.75. The van der Waals surface area contributed by atoms with Crippen LogP contribution < -0.4 is 10.4 Å². The van der Waals surface area contributed by atoms with Crippen LogP contribution in [0.15, 0.2) is 45.6 Å². The first-order valence-electron chi connectivity index (χ1n) is 12.8. The minimum absolute atomic E-state index is 0.0608. The molecule has 0 aliphatic heterocycles. The van der Waals surface area contributed by atoms with Crippen LogP contribution in [-0.2, 0) is 11.0 Å². The molecule has 1 aromatic heterocycles. The van der Waals surface area contributed by atoms with Crippen LogP contribution in [0.3, 0.4) is 0 Å². The Kier molecular flexibility index (Phi) is 12.6. The molecule has 2 rings (SSSR count). The second-order valence-electron chi connectivity index (χ2n) is 8.95. The van der Waals surface area contributed by atoms with Gasteiger partial charge in [0, 0.05) is 17.9 Å². The summed E-state index contributed by atoms with van der Waals surface area (Å²) in [6.45, 7) is 2.23. The molecule has 4 nitrogen and oxygen atoms in total. The molecule has 1 heterocycles. The molecule has 194 valence electrons. The van der Waals surface area contributed by atoms with Crippen molar-refractivity contribution in [3.63, 3.8) is 0 Å². The van der Waals surface area contributed by atoms with Gasteiger partial charge in [0.15, 0.2) is 0 Å². The number of fused-ring (bicyclic) bond motifs is 1. The number of benzene rings is 1. The van der Waals surface area contributed by atoms with Crippen molar-refractivity contribution in [2.45, 2.75) is 103 Å². The van der Waals surface area contributed by atoms with Gasteiger partial charge in [-0.3, -0.25) is 4.79 Å². The lowest BCUT2D eigenvalue weighted by molar-refractivity contribution is -0.139. The van der Waals surface area contributed by atoms with E-state index in [1.165, 1.54) is 63.1 Å². The van der Waals surface area contributed by atoms with Crippen LogP contribution in [0.5, 0.6) is 5.75 Å². The summed E-state index contributed by atoms with van der Waals surface area (Å²) in [7, 11) is 0. The largest absolute Gasteiger partial charge is 0.426 e. The van der Waals surface area contributed by atoms with Crippen molar-refractivity contribution in [1.82, 2.24) is 0 Å². The van der Waals surface area contributed by atoms with Gasteiger partial charge in [0.25, 0.3) is 0 Å². The second kappa shape index (κ2) is 15.4. The van der Waals surface area contributed by atoms with E-state index in [-0.39, 0.29) is 23.1 Å². The van der Waals surface area contributed by atoms with Crippen molar-refractivity contribution in [3.05, 3.63) is 52.4 Å². The first kappa shape index (κ1) is 28.7. The zero-order chi connectivity index (χ0) is 25.5. The average molecular weight is 495 g/mol. The molecule has 0 amide bonds. The van der Waals surface area contributed by atoms with E-state index in [4.69, 9.17) is 9.15 Å². The fraction of sp³-hybridized carbons (Fsp3) is 0.571. The van der Waals surface area contributed by atoms with E-state index >= 15 is 0 Å². The van der Waals surface area contributed by atoms with Crippen molar-refractivity contribution >= 4 is 16.9 Å². The quantitative estimate of drug-likeness (QED) is 0.0769. The zero-order valence-electron chi connectivity index (χ0n) is 20.6. The van der Waals surface area contributed by atoms with Gasteiger partial charge in [-0.05, 0) is 50.3 Å². The SMILES string of the molecule is CCCCCCCC/C=C\CCCCCCCC(=O)Oc1ccc2cc(C(F)(F)F)c(=O)oc2c1. The number of rotatable bonds is 16. The standard InChI is InChI=1S/C28H37F3O4/c1-2-3-4-5-6-7-8-9-10-11-12-13-14-15-16-17-26(32)34-23-19-18-22-20-24(28(29,30)31)27(33)35-25(22)21-23/h9-10,18-21H,2-8,11-17H2,1H3/b10-9-. The molecule has 7 heteroatoms. The van der Waals surface area contributed by atoms with Gasteiger partial charge in [-0.25, -0.2) is 4.79 Å². The Bertz CT molecular complexity index is 992. The third kappa shape index (κ3) is 11.1. The third-order valence-electron chi connectivity index (χ3n) is 5.89. The number of unbranched alkanes of at least 4 members (excludes halogenated alkanes) is 11. The van der Waals surface area contributed by atoms with Crippen LogP contribution in [0.25, 0.3) is 11.0 Å². The van der Waals surface area contributed by atoms with Crippen LogP contribution in [0.2, 0.25) is 0 Å². The lowest BCUT2D eigenvalue weighted by atomic mass is 10.1. The molecule has 0 saturated carbocycles. The number of alkyl halides is 3. The molecule has 0 unspecified atom stereocenters. The van der Waals surface area contributed by atoms with Gasteiger partial charge in [0.05, 0.1) is 0 Å². The highest BCUT2D eigenvalue weighted by Gasteiger charge is 2.35. The molecule has 0 aliphatic carbocycles. The van der Waals surface area contributed by atoms with Gasteiger partial charge in [0.1, 0.15) is 16.9 Å². The molecule has 0 N–H and O–H groups in total. The van der Waals surface area contributed by atoms with Crippen LogP contribution in [-0.4, -0.2) is 5.97 Å². The topological polar surface area (TPSA) is 56.5 Å². The Hall–Kier alpha value is -2.57. The van der Waals surface area contributed by atoms with E-state index in [9.17, 15) is 22.8 Å². The van der Waals surface area contributed by atoms with Crippen molar-refractivity contribution in [1.29, 1.82) is 0 Å². The van der Waals surface area contributed by atoms with Crippen molar-refractivity contribution in [2.75, 3.05) is 0 Å². The summed E-state index contributed by atoms with van der Waals surface area (Å²) in [5, 5.41) is 0.106. The molecule has 2 aromatic rings. The number of hydrogen-bond donors (Lipinski definition) is 0. The maximum absolute atomic E-state index is 12.8. The van der Waals surface area contributed by atoms with E-state index < -0.39 is 23.3 Å². The summed E-state index contributed by atoms with van der Waals surface area (Å²) in [5.74, 6) is -0.283. The molecule has 0 fully saturated rings. The lowest BCUT2D eigenvalue weighted by Gasteiger charge is -2.08. The molecule has 0 aliphatic rings. The van der Waals surface area contributed by atoms with E-state index in [2.05, 4.69) is 19.1 Å². The van der Waals surface area contributed by atoms with Crippen molar-refractivity contribution in [3.8, 4) is 5.75 Å². The number of ether oxygens (including phenoxy) is 1. The van der Waals surface area contributed by atoms with Crippen LogP contribution in [0, 0.1) is 0 Å². The number of esters is 1. The summed E-state index contributed by atoms with van der Waals surface area (Å²) in [6.07, 6.45) is 15.2. The van der Waals surface area contributed by atoms with Gasteiger partial charge in [-0.2, -0.15) is 13.2 Å². The van der Waals surface area contributed by atoms with E-state index in [0.717, 1.165) is 38.2 Å². The minimum atomic E-state index is -4.79. The molecule has 0 saturated heterocycles. The maximum Gasteiger partial charge on any atom is 0.423 e. The molecular weight excluding hydrogens is 457 g/mol. The third-order valence-corrected chi connectivity index (χ3v) is 5.89. The fourth-order valence-electron chi connectivity index (χ4n) is 3.88. The highest BCUT2D eigenvalue weighted by atomic mass is 19.4. The van der Waals surface area contributed by atoms with Gasteiger partial charge in [-0.15, -0.1) is 0 Å². The first-order chi connectivity index (χ1) is 16.8. The zero-order valence-corrected chi connectivity index (χ0v) is 20.6. The number of allylic oxidation sites excluding steroid dienone is 2. The van der Waals surface area contributed by atoms with Gasteiger partial charge in [-0.1, -0.05) is 70.4 Å². The number of carbonyl (C=O) groups excluding carboxylic acids is 1. The maximum atomic E-state index is 12.8. The highest BCUT2D eigenvalue weighted by Crippen LogP contribution is 2.30. The molecular formula is C28H37F3O4. The summed E-state index contributed by atoms with van der Waals surface area (Å²) in [4.78, 5) is 23.6. The smallest absolute Gasteiger partial charge is 0.423 e. The Labute approximate surface area is 205 Å². The molecule has 35 heavy (non-hydrogen) atoms. The Morgan fingerprint density at radius 2 is 1.49 bits per heavy atom. The Morgan fingerprint density at radius 1 is 0.886 bits per heavy atom. The van der Waals surface area contributed by atoms with E-state index in [1.807, 2.05) is 0 Å². The molecule has 0 spiro atoms. The van der Waals surface area contributed by atoms with Gasteiger partial charge < -0.3 is 9.15 Å². The van der Waals surface area contributed by atoms with Gasteiger partial charge in [0.2, 0.25) is 0 Å². The van der Waals surface area contributed by atoms with Crippen LogP contribution >= 0.6 is 0 Å². The highest BCUT2D eigenvalue weighted by molar-refractivity contribution is 5.80. The summed E-state index contributed by atoms with van der Waals surface area (Å²) in [5.41, 5.74) is -2.89. The number of hydrogen-bond acceptors (Lipinski definition) is 4. The Morgan fingerprint density at radius 3 is 2.11 bits per heavy atom. The van der Waals surface area contributed by atoms with Crippen molar-refractivity contribution < 1.29 is 27.1 Å². The fourth-order valence-corrected chi connectivity index (χ4v) is 3.88. The average Bonchev–Trinajstić information content (AvgIpc) is 2.80.